The quantitative estimate of drug-likeness (QED) is 0.795. The van der Waals surface area contributed by atoms with Gasteiger partial charge in [-0.3, -0.25) is 10.1 Å². The van der Waals surface area contributed by atoms with Crippen LogP contribution in [-0.4, -0.2) is 29.0 Å². The molecule has 100 valence electrons. The van der Waals surface area contributed by atoms with Crippen molar-refractivity contribution in [1.29, 1.82) is 0 Å². The zero-order chi connectivity index (χ0) is 13.5. The highest BCUT2D eigenvalue weighted by Crippen LogP contribution is 2.11. The molecule has 1 unspecified atom stereocenters. The normalized spacial score (nSPS) is 12.0. The van der Waals surface area contributed by atoms with Crippen LogP contribution in [-0.2, 0) is 4.79 Å². The van der Waals surface area contributed by atoms with Crippen molar-refractivity contribution in [2.45, 2.75) is 39.2 Å². The summed E-state index contributed by atoms with van der Waals surface area (Å²) in [6, 6.07) is 1.82. The van der Waals surface area contributed by atoms with Gasteiger partial charge in [0.15, 0.2) is 0 Å². The minimum Gasteiger partial charge on any atom is -0.481 e. The molecule has 1 amide bonds. The van der Waals surface area contributed by atoms with Crippen LogP contribution < -0.4 is 15.8 Å². The molecule has 0 saturated heterocycles. The van der Waals surface area contributed by atoms with Crippen LogP contribution in [0, 0.1) is 6.92 Å². The van der Waals surface area contributed by atoms with Crippen molar-refractivity contribution in [1.82, 2.24) is 9.97 Å². The number of methoxy groups -OCH3 is 1. The Hall–Kier alpha value is -1.69. The third kappa shape index (κ3) is 5.09. The average molecular weight is 252 g/mol. The second-order valence-corrected chi connectivity index (χ2v) is 4.29. The first-order valence-corrected chi connectivity index (χ1v) is 5.96. The van der Waals surface area contributed by atoms with Gasteiger partial charge in [-0.2, -0.15) is 4.98 Å². The molecule has 1 atom stereocenters. The summed E-state index contributed by atoms with van der Waals surface area (Å²) in [7, 11) is 1.52. The maximum absolute atomic E-state index is 11.6. The molecule has 0 aliphatic rings. The Balaban J connectivity index is 2.51. The molecule has 1 rings (SSSR count). The predicted octanol–water partition coefficient (Wildman–Crippen LogP) is 1.25. The summed E-state index contributed by atoms with van der Waals surface area (Å²) >= 11 is 0. The summed E-state index contributed by atoms with van der Waals surface area (Å²) in [4.78, 5) is 19.8. The van der Waals surface area contributed by atoms with Gasteiger partial charge in [0, 0.05) is 24.2 Å². The number of nitrogens with two attached hydrogens (primary N) is 1. The van der Waals surface area contributed by atoms with Crippen LogP contribution in [0.4, 0.5) is 5.95 Å². The van der Waals surface area contributed by atoms with Crippen LogP contribution in [0.1, 0.15) is 31.9 Å². The monoisotopic (exact) mass is 252 g/mol. The van der Waals surface area contributed by atoms with Gasteiger partial charge in [-0.15, -0.1) is 0 Å². The van der Waals surface area contributed by atoms with E-state index in [0.29, 0.717) is 12.3 Å². The molecule has 0 aliphatic heterocycles. The number of nitrogens with one attached hydrogen (secondary N) is 1. The molecule has 0 saturated carbocycles. The van der Waals surface area contributed by atoms with Gasteiger partial charge in [0.05, 0.1) is 7.11 Å². The molecule has 0 bridgehead atoms. The van der Waals surface area contributed by atoms with E-state index < -0.39 is 0 Å². The van der Waals surface area contributed by atoms with E-state index in [1.165, 1.54) is 7.11 Å². The third-order valence-corrected chi connectivity index (χ3v) is 2.35. The topological polar surface area (TPSA) is 90.1 Å². The Kier molecular flexibility index (Phi) is 5.51. The minimum atomic E-state index is -0.108. The lowest BCUT2D eigenvalue weighted by Gasteiger charge is -2.07. The van der Waals surface area contributed by atoms with Crippen LogP contribution in [0.3, 0.4) is 0 Å². The highest BCUT2D eigenvalue weighted by atomic mass is 16.5. The van der Waals surface area contributed by atoms with E-state index in [2.05, 4.69) is 15.3 Å². The number of aryl methyl sites for hydroxylation is 1. The van der Waals surface area contributed by atoms with E-state index in [1.807, 2.05) is 13.8 Å². The van der Waals surface area contributed by atoms with Crippen molar-refractivity contribution < 1.29 is 9.53 Å². The number of hydrogen-bond acceptors (Lipinski definition) is 5. The van der Waals surface area contributed by atoms with E-state index in [0.717, 1.165) is 18.5 Å². The zero-order valence-electron chi connectivity index (χ0n) is 11.1. The zero-order valence-corrected chi connectivity index (χ0v) is 11.1. The van der Waals surface area contributed by atoms with Gasteiger partial charge in [0.2, 0.25) is 17.7 Å². The third-order valence-electron chi connectivity index (χ3n) is 2.35. The molecule has 1 aromatic rings. The minimum absolute atomic E-state index is 0.108. The Morgan fingerprint density at radius 3 is 2.89 bits per heavy atom. The Labute approximate surface area is 107 Å². The van der Waals surface area contributed by atoms with Crippen molar-refractivity contribution in [3.63, 3.8) is 0 Å². The van der Waals surface area contributed by atoms with Crippen molar-refractivity contribution in [2.24, 2.45) is 5.73 Å². The molecule has 0 aromatic carbocycles. The molecule has 0 radical (unpaired) electrons. The summed E-state index contributed by atoms with van der Waals surface area (Å²) < 4.78 is 5.01. The summed E-state index contributed by atoms with van der Waals surface area (Å²) in [5, 5.41) is 2.65. The number of nitrogens with zero attached hydrogens (tertiary/aromatic N) is 2. The Morgan fingerprint density at radius 1 is 1.56 bits per heavy atom. The molecule has 18 heavy (non-hydrogen) atoms. The molecule has 6 heteroatoms. The van der Waals surface area contributed by atoms with E-state index in [1.54, 1.807) is 6.07 Å². The lowest BCUT2D eigenvalue weighted by atomic mass is 10.1. The van der Waals surface area contributed by atoms with E-state index in [-0.39, 0.29) is 17.9 Å². The van der Waals surface area contributed by atoms with Gasteiger partial charge in [-0.1, -0.05) is 0 Å². The van der Waals surface area contributed by atoms with Gasteiger partial charge >= 0.3 is 0 Å². The fourth-order valence-corrected chi connectivity index (χ4v) is 1.47. The number of carbonyl (C=O) groups excluding carboxylic acids is 1. The lowest BCUT2D eigenvalue weighted by Crippen LogP contribution is -2.17. The molecule has 1 aromatic heterocycles. The Bertz CT molecular complexity index is 407. The van der Waals surface area contributed by atoms with Crippen molar-refractivity contribution >= 4 is 11.9 Å². The first kappa shape index (κ1) is 14.4. The summed E-state index contributed by atoms with van der Waals surface area (Å²) in [5.74, 6) is 0.606. The molecule has 0 aliphatic carbocycles. The van der Waals surface area contributed by atoms with Crippen LogP contribution in [0.15, 0.2) is 6.07 Å². The van der Waals surface area contributed by atoms with Crippen molar-refractivity contribution in [3.05, 3.63) is 11.8 Å². The number of aromatic nitrogens is 2. The molecule has 3 N–H and O–H groups in total. The predicted molar refractivity (Wildman–Crippen MR) is 69.5 cm³/mol. The van der Waals surface area contributed by atoms with Crippen molar-refractivity contribution in [2.75, 3.05) is 12.4 Å². The van der Waals surface area contributed by atoms with Crippen LogP contribution in [0.5, 0.6) is 5.88 Å². The fraction of sp³-hybridized carbons (Fsp3) is 0.583. The maximum Gasteiger partial charge on any atom is 0.232 e. The molecular weight excluding hydrogens is 232 g/mol. The number of anilines is 1. The Morgan fingerprint density at radius 2 is 2.28 bits per heavy atom. The molecule has 1 heterocycles. The highest BCUT2D eigenvalue weighted by molar-refractivity contribution is 5.88. The van der Waals surface area contributed by atoms with Gasteiger partial charge in [0.25, 0.3) is 0 Å². The second kappa shape index (κ2) is 6.90. The van der Waals surface area contributed by atoms with Crippen molar-refractivity contribution in [3.8, 4) is 5.88 Å². The lowest BCUT2D eigenvalue weighted by molar-refractivity contribution is -0.116. The smallest absolute Gasteiger partial charge is 0.232 e. The highest BCUT2D eigenvalue weighted by Gasteiger charge is 2.07. The summed E-state index contributed by atoms with van der Waals surface area (Å²) in [6.45, 7) is 3.74. The summed E-state index contributed by atoms with van der Waals surface area (Å²) in [6.07, 6.45) is 2.00. The largest absolute Gasteiger partial charge is 0.481 e. The number of hydrogen-bond donors (Lipinski definition) is 2. The first-order chi connectivity index (χ1) is 8.51. The number of carbonyl (C=O) groups is 1. The number of rotatable bonds is 6. The van der Waals surface area contributed by atoms with E-state index in [4.69, 9.17) is 10.5 Å². The van der Waals surface area contributed by atoms with Crippen LogP contribution >= 0.6 is 0 Å². The number of ether oxygens (including phenoxy) is 1. The van der Waals surface area contributed by atoms with Crippen LogP contribution in [0.25, 0.3) is 0 Å². The van der Waals surface area contributed by atoms with Gasteiger partial charge in [0.1, 0.15) is 0 Å². The van der Waals surface area contributed by atoms with Gasteiger partial charge in [-0.05, 0) is 26.7 Å². The van der Waals surface area contributed by atoms with Crippen LogP contribution in [0.2, 0.25) is 0 Å². The first-order valence-electron chi connectivity index (χ1n) is 5.96. The SMILES string of the molecule is COc1cc(C)nc(NC(=O)CCCC(C)N)n1. The standard InChI is InChI=1S/C12H20N4O2/c1-8(13)5-4-6-10(17)15-12-14-9(2)7-11(16-12)18-3/h7-8H,4-6,13H2,1-3H3,(H,14,15,16,17). The maximum atomic E-state index is 11.6. The number of amides is 1. The molecule has 0 fully saturated rings. The summed E-state index contributed by atoms with van der Waals surface area (Å²) in [5.41, 5.74) is 6.36. The molecule has 0 spiro atoms. The second-order valence-electron chi connectivity index (χ2n) is 4.29. The van der Waals surface area contributed by atoms with E-state index >= 15 is 0 Å². The molecule has 6 nitrogen and oxygen atoms in total. The van der Waals surface area contributed by atoms with E-state index in [9.17, 15) is 4.79 Å². The van der Waals surface area contributed by atoms with Gasteiger partial charge in [-0.25, -0.2) is 4.98 Å². The average Bonchev–Trinajstić information content (AvgIpc) is 2.27. The fourth-order valence-electron chi connectivity index (χ4n) is 1.47. The molecular formula is C12H20N4O2. The van der Waals surface area contributed by atoms with Gasteiger partial charge < -0.3 is 10.5 Å².